The molecule has 3 heterocycles. The molecule has 0 bridgehead atoms. The molecule has 1 N–H and O–H groups in total. The number of thiophene rings is 1. The Labute approximate surface area is 210 Å². The highest BCUT2D eigenvalue weighted by Gasteiger charge is 2.35. The fourth-order valence-electron chi connectivity index (χ4n) is 3.99. The highest BCUT2D eigenvalue weighted by atomic mass is 35.5. The molecular formula is C26H17Cl3N2OS. The van der Waals surface area contributed by atoms with Gasteiger partial charge in [-0.05, 0) is 52.9 Å². The summed E-state index contributed by atoms with van der Waals surface area (Å²) < 4.78 is 0. The van der Waals surface area contributed by atoms with Gasteiger partial charge in [0.2, 0.25) is 0 Å². The summed E-state index contributed by atoms with van der Waals surface area (Å²) >= 11 is 21.3. The van der Waals surface area contributed by atoms with E-state index in [1.807, 2.05) is 53.9 Å². The van der Waals surface area contributed by atoms with Gasteiger partial charge in [0.05, 0.1) is 10.5 Å². The monoisotopic (exact) mass is 510 g/mol. The third-order valence-corrected chi connectivity index (χ3v) is 7.49. The molecule has 1 atom stereocenters. The molecule has 3 aromatic heterocycles. The van der Waals surface area contributed by atoms with Gasteiger partial charge < -0.3 is 5.11 Å². The van der Waals surface area contributed by atoms with E-state index in [9.17, 15) is 5.11 Å². The van der Waals surface area contributed by atoms with Crippen molar-refractivity contribution in [2.45, 2.75) is 12.0 Å². The molecule has 0 fully saturated rings. The minimum absolute atomic E-state index is 0.381. The molecule has 0 saturated heterocycles. The maximum Gasteiger partial charge on any atom is 0.142 e. The van der Waals surface area contributed by atoms with Crippen molar-refractivity contribution in [2.24, 2.45) is 0 Å². The lowest BCUT2D eigenvalue weighted by Crippen LogP contribution is -2.29. The predicted octanol–water partition coefficient (Wildman–Crippen LogP) is 7.53. The Kier molecular flexibility index (Phi) is 6.12. The van der Waals surface area contributed by atoms with Crippen LogP contribution >= 0.6 is 46.1 Å². The highest BCUT2D eigenvalue weighted by molar-refractivity contribution is 7.09. The molecule has 0 amide bonds. The highest BCUT2D eigenvalue weighted by Crippen LogP contribution is 2.40. The van der Waals surface area contributed by atoms with E-state index in [4.69, 9.17) is 34.8 Å². The SMILES string of the molecule is OC(c1cccnc1)(c1cccc(Cl)c1)c1ccc2nc(Cl)c(Cc3cccs3)c(Cl)c2c1. The zero-order valence-electron chi connectivity index (χ0n) is 17.2. The van der Waals surface area contributed by atoms with Crippen LogP contribution in [0.15, 0.2) is 84.5 Å². The van der Waals surface area contributed by atoms with Gasteiger partial charge in [0, 0.05) is 45.2 Å². The Morgan fingerprint density at radius 1 is 0.879 bits per heavy atom. The zero-order valence-corrected chi connectivity index (χ0v) is 20.3. The van der Waals surface area contributed by atoms with Crippen LogP contribution in [-0.4, -0.2) is 15.1 Å². The van der Waals surface area contributed by atoms with Crippen LogP contribution in [0.2, 0.25) is 15.2 Å². The molecule has 0 spiro atoms. The second kappa shape index (κ2) is 9.05. The van der Waals surface area contributed by atoms with Gasteiger partial charge in [-0.2, -0.15) is 0 Å². The number of aliphatic hydroxyl groups is 1. The standard InChI is InChI=1S/C26H17Cl3N2OS/c27-19-6-1-4-16(12-19)26(32,18-5-2-10-30-15-18)17-8-9-23-21(13-17)24(28)22(25(29)31-23)14-20-7-3-11-33-20/h1-13,15,32H,14H2. The summed E-state index contributed by atoms with van der Waals surface area (Å²) in [5.74, 6) is 0. The van der Waals surface area contributed by atoms with Crippen molar-refractivity contribution in [2.75, 3.05) is 0 Å². The van der Waals surface area contributed by atoms with Gasteiger partial charge in [-0.15, -0.1) is 11.3 Å². The van der Waals surface area contributed by atoms with E-state index in [2.05, 4.69) is 9.97 Å². The third-order valence-electron chi connectivity index (χ3n) is 5.64. The molecule has 2 aromatic carbocycles. The Hall–Kier alpha value is -2.47. The molecule has 0 aliphatic rings. The van der Waals surface area contributed by atoms with Crippen LogP contribution in [-0.2, 0) is 12.0 Å². The fourth-order valence-corrected chi connectivity index (χ4v) is 5.50. The summed E-state index contributed by atoms with van der Waals surface area (Å²) in [6.45, 7) is 0. The van der Waals surface area contributed by atoms with E-state index in [1.165, 1.54) is 0 Å². The van der Waals surface area contributed by atoms with E-state index < -0.39 is 5.60 Å². The summed E-state index contributed by atoms with van der Waals surface area (Å²) in [5.41, 5.74) is 1.78. The van der Waals surface area contributed by atoms with Crippen molar-refractivity contribution in [1.29, 1.82) is 0 Å². The Morgan fingerprint density at radius 2 is 1.70 bits per heavy atom. The molecule has 7 heteroatoms. The first-order valence-corrected chi connectivity index (χ1v) is 12.2. The number of pyridine rings is 2. The normalized spacial score (nSPS) is 13.2. The molecular weight excluding hydrogens is 495 g/mol. The average molecular weight is 512 g/mol. The van der Waals surface area contributed by atoms with E-state index in [-0.39, 0.29) is 0 Å². The third kappa shape index (κ3) is 4.14. The van der Waals surface area contributed by atoms with Crippen molar-refractivity contribution < 1.29 is 5.11 Å². The van der Waals surface area contributed by atoms with Crippen molar-refractivity contribution in [3.8, 4) is 0 Å². The van der Waals surface area contributed by atoms with Crippen LogP contribution < -0.4 is 0 Å². The van der Waals surface area contributed by atoms with Gasteiger partial charge in [0.15, 0.2) is 0 Å². The van der Waals surface area contributed by atoms with Crippen LogP contribution in [0.4, 0.5) is 0 Å². The second-order valence-corrected chi connectivity index (χ2v) is 9.85. The Balaban J connectivity index is 1.72. The Bertz CT molecular complexity index is 1440. The van der Waals surface area contributed by atoms with Gasteiger partial charge in [-0.25, -0.2) is 4.98 Å². The number of nitrogens with zero attached hydrogens (tertiary/aromatic N) is 2. The fraction of sp³-hybridized carbons (Fsp3) is 0.0769. The van der Waals surface area contributed by atoms with Crippen molar-refractivity contribution in [3.63, 3.8) is 0 Å². The van der Waals surface area contributed by atoms with Gasteiger partial charge in [0.1, 0.15) is 10.8 Å². The molecule has 164 valence electrons. The topological polar surface area (TPSA) is 46.0 Å². The maximum atomic E-state index is 12.1. The van der Waals surface area contributed by atoms with Gasteiger partial charge in [0.25, 0.3) is 0 Å². The average Bonchev–Trinajstić information content (AvgIpc) is 3.35. The van der Waals surface area contributed by atoms with Crippen LogP contribution in [0.5, 0.6) is 0 Å². The van der Waals surface area contributed by atoms with E-state index in [0.29, 0.717) is 43.8 Å². The summed E-state index contributed by atoms with van der Waals surface area (Å²) in [7, 11) is 0. The maximum absolute atomic E-state index is 12.1. The lowest BCUT2D eigenvalue weighted by atomic mass is 9.80. The first kappa shape index (κ1) is 22.3. The minimum atomic E-state index is -1.50. The summed E-state index contributed by atoms with van der Waals surface area (Å²) in [6, 6.07) is 20.4. The molecule has 0 saturated carbocycles. The molecule has 0 aliphatic heterocycles. The van der Waals surface area contributed by atoms with E-state index in [1.54, 1.807) is 41.9 Å². The predicted molar refractivity (Wildman–Crippen MR) is 137 cm³/mol. The van der Waals surface area contributed by atoms with Gasteiger partial charge in [-0.3, -0.25) is 4.98 Å². The van der Waals surface area contributed by atoms with Crippen molar-refractivity contribution in [1.82, 2.24) is 9.97 Å². The summed E-state index contributed by atoms with van der Waals surface area (Å²) in [6.07, 6.45) is 3.90. The molecule has 5 rings (SSSR count). The largest absolute Gasteiger partial charge is 0.376 e. The molecule has 0 aliphatic carbocycles. The zero-order chi connectivity index (χ0) is 23.0. The van der Waals surface area contributed by atoms with E-state index in [0.717, 1.165) is 15.8 Å². The van der Waals surface area contributed by atoms with Crippen LogP contribution in [0.3, 0.4) is 0 Å². The number of halogens is 3. The lowest BCUT2D eigenvalue weighted by Gasteiger charge is -2.30. The number of hydrogen-bond donors (Lipinski definition) is 1. The smallest absolute Gasteiger partial charge is 0.142 e. The van der Waals surface area contributed by atoms with Crippen LogP contribution in [0.1, 0.15) is 27.1 Å². The second-order valence-electron chi connectivity index (χ2n) is 7.65. The quantitative estimate of drug-likeness (QED) is 0.248. The Morgan fingerprint density at radius 3 is 2.42 bits per heavy atom. The summed E-state index contributed by atoms with van der Waals surface area (Å²) in [4.78, 5) is 9.93. The molecule has 33 heavy (non-hydrogen) atoms. The number of aromatic nitrogens is 2. The summed E-state index contributed by atoms with van der Waals surface area (Å²) in [5, 5.41) is 16.3. The minimum Gasteiger partial charge on any atom is -0.376 e. The first-order valence-electron chi connectivity index (χ1n) is 10.2. The molecule has 3 nitrogen and oxygen atoms in total. The number of fused-ring (bicyclic) bond motifs is 1. The van der Waals surface area contributed by atoms with Crippen molar-refractivity contribution >= 4 is 57.0 Å². The molecule has 5 aromatic rings. The number of hydrogen-bond acceptors (Lipinski definition) is 4. The van der Waals surface area contributed by atoms with Crippen LogP contribution in [0, 0.1) is 0 Å². The number of rotatable bonds is 5. The van der Waals surface area contributed by atoms with Gasteiger partial charge in [-0.1, -0.05) is 65.1 Å². The van der Waals surface area contributed by atoms with Gasteiger partial charge >= 0.3 is 0 Å². The van der Waals surface area contributed by atoms with E-state index >= 15 is 0 Å². The number of benzene rings is 2. The molecule has 1 unspecified atom stereocenters. The first-order chi connectivity index (χ1) is 16.0. The van der Waals surface area contributed by atoms with Crippen molar-refractivity contribution in [3.05, 3.63) is 127 Å². The van der Waals surface area contributed by atoms with Crippen LogP contribution in [0.25, 0.3) is 10.9 Å². The molecule has 0 radical (unpaired) electrons. The lowest BCUT2D eigenvalue weighted by molar-refractivity contribution is 0.125.